The van der Waals surface area contributed by atoms with Crippen molar-refractivity contribution in [3.05, 3.63) is 35.6 Å². The van der Waals surface area contributed by atoms with Crippen LogP contribution in [0, 0.1) is 0 Å². The maximum Gasteiger partial charge on any atom is 0.116 e. The molecule has 2 nitrogen and oxygen atoms in total. The summed E-state index contributed by atoms with van der Waals surface area (Å²) >= 11 is 0. The minimum atomic E-state index is 0.276. The van der Waals surface area contributed by atoms with Gasteiger partial charge in [-0.3, -0.25) is 0 Å². The molecular formula is C11H14O2. The van der Waals surface area contributed by atoms with Crippen molar-refractivity contribution in [3.63, 3.8) is 0 Å². The van der Waals surface area contributed by atoms with E-state index in [2.05, 4.69) is 0 Å². The largest absolute Gasteiger partial charge is 0.508 e. The number of phenolic OH excluding ortho intramolecular Hbond substituents is 1. The molecule has 0 fully saturated rings. The van der Waals surface area contributed by atoms with Gasteiger partial charge in [-0.25, -0.2) is 0 Å². The molecule has 0 aliphatic carbocycles. The topological polar surface area (TPSA) is 29.5 Å². The van der Waals surface area contributed by atoms with E-state index in [9.17, 15) is 5.11 Å². The van der Waals surface area contributed by atoms with Crippen LogP contribution in [0.3, 0.4) is 0 Å². The number of benzene rings is 1. The van der Waals surface area contributed by atoms with Crippen LogP contribution in [-0.2, 0) is 4.74 Å². The van der Waals surface area contributed by atoms with Crippen LogP contribution in [0.15, 0.2) is 30.0 Å². The Bertz CT molecular complexity index is 303. The van der Waals surface area contributed by atoms with Crippen molar-refractivity contribution in [2.45, 2.75) is 13.8 Å². The van der Waals surface area contributed by atoms with Crippen molar-refractivity contribution in [2.75, 3.05) is 6.61 Å². The molecule has 0 saturated carbocycles. The van der Waals surface area contributed by atoms with Crippen LogP contribution in [0.4, 0.5) is 0 Å². The normalized spacial score (nSPS) is 11.4. The summed E-state index contributed by atoms with van der Waals surface area (Å²) in [4.78, 5) is 0. The molecule has 70 valence electrons. The number of ether oxygens (including phenoxy) is 1. The fourth-order valence-corrected chi connectivity index (χ4v) is 1.12. The predicted octanol–water partition coefficient (Wildman–Crippen LogP) is 2.79. The van der Waals surface area contributed by atoms with Gasteiger partial charge in [0.1, 0.15) is 5.75 Å². The van der Waals surface area contributed by atoms with Crippen LogP contribution in [0.1, 0.15) is 19.4 Å². The smallest absolute Gasteiger partial charge is 0.116 e. The molecule has 0 heterocycles. The van der Waals surface area contributed by atoms with E-state index in [1.54, 1.807) is 18.2 Å². The molecule has 0 unspecified atom stereocenters. The standard InChI is InChI=1S/C11H14O2/c1-3-13-9(2)7-10-5-4-6-11(12)8-10/h4-8,12H,3H2,1-2H3. The average Bonchev–Trinajstić information content (AvgIpc) is 2.04. The van der Waals surface area contributed by atoms with Gasteiger partial charge in [0, 0.05) is 0 Å². The van der Waals surface area contributed by atoms with Crippen LogP contribution in [0.25, 0.3) is 6.08 Å². The van der Waals surface area contributed by atoms with E-state index < -0.39 is 0 Å². The molecule has 1 rings (SSSR count). The van der Waals surface area contributed by atoms with Crippen molar-refractivity contribution < 1.29 is 9.84 Å². The number of phenols is 1. The molecule has 0 aliphatic rings. The summed E-state index contributed by atoms with van der Waals surface area (Å²) in [5, 5.41) is 9.19. The summed E-state index contributed by atoms with van der Waals surface area (Å²) in [6.45, 7) is 4.51. The van der Waals surface area contributed by atoms with E-state index in [1.807, 2.05) is 26.0 Å². The summed E-state index contributed by atoms with van der Waals surface area (Å²) in [7, 11) is 0. The first-order valence-corrected chi connectivity index (χ1v) is 4.32. The van der Waals surface area contributed by atoms with E-state index >= 15 is 0 Å². The molecule has 2 heteroatoms. The van der Waals surface area contributed by atoms with E-state index in [1.165, 1.54) is 0 Å². The van der Waals surface area contributed by atoms with Gasteiger partial charge in [-0.15, -0.1) is 0 Å². The lowest BCUT2D eigenvalue weighted by atomic mass is 10.2. The van der Waals surface area contributed by atoms with Gasteiger partial charge >= 0.3 is 0 Å². The second-order valence-electron chi connectivity index (χ2n) is 2.78. The Hall–Kier alpha value is -1.44. The fraction of sp³-hybridized carbons (Fsp3) is 0.273. The van der Waals surface area contributed by atoms with Crippen molar-refractivity contribution in [1.82, 2.24) is 0 Å². The zero-order valence-corrected chi connectivity index (χ0v) is 7.95. The second kappa shape index (κ2) is 4.55. The highest BCUT2D eigenvalue weighted by Gasteiger charge is 1.92. The third-order valence-corrected chi connectivity index (χ3v) is 1.61. The Balaban J connectivity index is 2.78. The Morgan fingerprint density at radius 1 is 1.54 bits per heavy atom. The van der Waals surface area contributed by atoms with Crippen LogP contribution < -0.4 is 0 Å². The van der Waals surface area contributed by atoms with Gasteiger partial charge in [0.25, 0.3) is 0 Å². The monoisotopic (exact) mass is 178 g/mol. The summed E-state index contributed by atoms with van der Waals surface area (Å²) in [6, 6.07) is 7.07. The van der Waals surface area contributed by atoms with Crippen molar-refractivity contribution >= 4 is 6.08 Å². The van der Waals surface area contributed by atoms with Crippen LogP contribution in [0.5, 0.6) is 5.75 Å². The number of hydrogen-bond acceptors (Lipinski definition) is 2. The Kier molecular flexibility index (Phi) is 3.38. The first-order chi connectivity index (χ1) is 6.22. The lowest BCUT2D eigenvalue weighted by molar-refractivity contribution is 0.235. The minimum Gasteiger partial charge on any atom is -0.508 e. The van der Waals surface area contributed by atoms with Gasteiger partial charge < -0.3 is 9.84 Å². The molecule has 0 atom stereocenters. The summed E-state index contributed by atoms with van der Waals surface area (Å²) in [5.74, 6) is 1.13. The van der Waals surface area contributed by atoms with Crippen LogP contribution in [-0.4, -0.2) is 11.7 Å². The van der Waals surface area contributed by atoms with Gasteiger partial charge in [-0.2, -0.15) is 0 Å². The van der Waals surface area contributed by atoms with Crippen molar-refractivity contribution in [3.8, 4) is 5.75 Å². The summed E-state index contributed by atoms with van der Waals surface area (Å²) in [5.41, 5.74) is 0.950. The molecule has 0 amide bonds. The molecule has 1 N–H and O–H groups in total. The maximum absolute atomic E-state index is 9.19. The molecule has 0 aromatic heterocycles. The fourth-order valence-electron chi connectivity index (χ4n) is 1.12. The minimum absolute atomic E-state index is 0.276. The summed E-state index contributed by atoms with van der Waals surface area (Å²) < 4.78 is 5.27. The van der Waals surface area contributed by atoms with E-state index in [-0.39, 0.29) is 5.75 Å². The Morgan fingerprint density at radius 2 is 2.31 bits per heavy atom. The average molecular weight is 178 g/mol. The van der Waals surface area contributed by atoms with Crippen LogP contribution >= 0.6 is 0 Å². The van der Waals surface area contributed by atoms with Crippen molar-refractivity contribution in [1.29, 1.82) is 0 Å². The van der Waals surface area contributed by atoms with Crippen molar-refractivity contribution in [2.24, 2.45) is 0 Å². The lowest BCUT2D eigenvalue weighted by Gasteiger charge is -2.02. The molecule has 0 bridgehead atoms. The quantitative estimate of drug-likeness (QED) is 0.721. The van der Waals surface area contributed by atoms with Gasteiger partial charge in [0.05, 0.1) is 12.4 Å². The summed E-state index contributed by atoms with van der Waals surface area (Å²) in [6.07, 6.45) is 1.89. The molecule has 0 saturated heterocycles. The van der Waals surface area contributed by atoms with E-state index in [4.69, 9.17) is 4.74 Å². The van der Waals surface area contributed by atoms with Gasteiger partial charge in [0.15, 0.2) is 0 Å². The Labute approximate surface area is 78.5 Å². The predicted molar refractivity (Wildman–Crippen MR) is 53.4 cm³/mol. The SMILES string of the molecule is CCOC(C)=Cc1cccc(O)c1. The lowest BCUT2D eigenvalue weighted by Crippen LogP contribution is -1.85. The number of hydrogen-bond donors (Lipinski definition) is 1. The molecule has 13 heavy (non-hydrogen) atoms. The molecule has 0 spiro atoms. The van der Waals surface area contributed by atoms with Crippen LogP contribution in [0.2, 0.25) is 0 Å². The van der Waals surface area contributed by atoms with Gasteiger partial charge in [0.2, 0.25) is 0 Å². The second-order valence-corrected chi connectivity index (χ2v) is 2.78. The highest BCUT2D eigenvalue weighted by atomic mass is 16.5. The zero-order valence-electron chi connectivity index (χ0n) is 7.95. The molecule has 0 radical (unpaired) electrons. The maximum atomic E-state index is 9.19. The Morgan fingerprint density at radius 3 is 2.92 bits per heavy atom. The third-order valence-electron chi connectivity index (χ3n) is 1.61. The number of rotatable bonds is 3. The highest BCUT2D eigenvalue weighted by Crippen LogP contribution is 2.14. The number of aromatic hydroxyl groups is 1. The molecule has 0 aliphatic heterocycles. The van der Waals surface area contributed by atoms with Gasteiger partial charge in [-0.1, -0.05) is 12.1 Å². The first kappa shape index (κ1) is 9.65. The zero-order chi connectivity index (χ0) is 9.68. The van der Waals surface area contributed by atoms with E-state index in [0.29, 0.717) is 6.61 Å². The molecule has 1 aromatic carbocycles. The third kappa shape index (κ3) is 3.20. The molecule has 1 aromatic rings. The molecular weight excluding hydrogens is 164 g/mol. The number of allylic oxidation sites excluding steroid dienone is 1. The van der Waals surface area contributed by atoms with E-state index in [0.717, 1.165) is 11.3 Å². The van der Waals surface area contributed by atoms with Gasteiger partial charge in [-0.05, 0) is 37.6 Å². The highest BCUT2D eigenvalue weighted by molar-refractivity contribution is 5.52. The first-order valence-electron chi connectivity index (χ1n) is 4.32.